The van der Waals surface area contributed by atoms with Crippen LogP contribution >= 0.6 is 0 Å². The fraction of sp³-hybridized carbons (Fsp3) is 0.0870. The third-order valence-electron chi connectivity index (χ3n) is 4.44. The monoisotopic (exact) mass is 856 g/mol. The molecule has 15 N–H and O–H groups in total. The van der Waals surface area contributed by atoms with Crippen molar-refractivity contribution >= 4 is 23.2 Å². The summed E-state index contributed by atoms with van der Waals surface area (Å²) in [7, 11) is 0. The second kappa shape index (κ2) is 29.6. The van der Waals surface area contributed by atoms with Crippen molar-refractivity contribution in [1.29, 1.82) is 0 Å². The molecule has 25 nitrogen and oxygen atoms in total. The summed E-state index contributed by atoms with van der Waals surface area (Å²) in [6, 6.07) is 17.5. The molecule has 0 aliphatic rings. The molecule has 49 heavy (non-hydrogen) atoms. The molecule has 0 saturated carbocycles. The Balaban J connectivity index is -0.000000236. The minimum absolute atomic E-state index is 0. The average Bonchev–Trinajstić information content (AvgIpc) is 2.94. The van der Waals surface area contributed by atoms with Gasteiger partial charge in [-0.3, -0.25) is 9.59 Å². The van der Waals surface area contributed by atoms with Crippen LogP contribution in [-0.4, -0.2) is 59.2 Å². The van der Waals surface area contributed by atoms with E-state index in [1.807, 2.05) is 0 Å². The Hall–Kier alpha value is -5.82. The number of hydrazone groups is 2. The Morgan fingerprint density at radius 2 is 0.878 bits per heavy atom. The third kappa shape index (κ3) is 25.0. The summed E-state index contributed by atoms with van der Waals surface area (Å²) < 4.78 is 0. The van der Waals surface area contributed by atoms with E-state index in [2.05, 4.69) is 26.0 Å². The number of nitrogens with zero attached hydrogens (tertiary/aromatic N) is 6. The maximum absolute atomic E-state index is 12.2. The SMILES string of the molecule is C/C(=N\NC(=O)c1ccccc1O)c1cccc(/C(C)=N/NC(=O)c2ccccc2O)n1.O.O=[N+]([O-])[O-].O=[N+]([O-])[O-].O=[N+]([O-])[O-].[Dy+3].[OH3+].[OH3+].[OH3+]. The van der Waals surface area contributed by atoms with Crippen LogP contribution in [0.15, 0.2) is 76.9 Å². The number of phenols is 2. The first kappa shape index (κ1) is 55.6. The molecule has 0 bridgehead atoms. The molecule has 0 fully saturated rings. The number of benzene rings is 2. The van der Waals surface area contributed by atoms with Gasteiger partial charge in [0.25, 0.3) is 11.8 Å². The summed E-state index contributed by atoms with van der Waals surface area (Å²) >= 11 is 0. The topological polar surface area (TPSA) is 465 Å². The molecular weight excluding hydrogens is 823 g/mol. The van der Waals surface area contributed by atoms with E-state index in [9.17, 15) is 19.8 Å². The maximum atomic E-state index is 12.2. The van der Waals surface area contributed by atoms with Crippen molar-refractivity contribution in [3.05, 3.63) is 135 Å². The number of amides is 2. The number of rotatable bonds is 6. The fourth-order valence-corrected chi connectivity index (χ4v) is 2.67. The van der Waals surface area contributed by atoms with Crippen molar-refractivity contribution < 1.29 is 95.1 Å². The van der Waals surface area contributed by atoms with Crippen molar-refractivity contribution in [3.63, 3.8) is 0 Å². The van der Waals surface area contributed by atoms with Gasteiger partial charge in [0.2, 0.25) is 0 Å². The van der Waals surface area contributed by atoms with Crippen molar-refractivity contribution in [3.8, 4) is 11.5 Å². The predicted molar refractivity (Wildman–Crippen MR) is 169 cm³/mol. The Morgan fingerprint density at radius 3 is 1.14 bits per heavy atom. The molecule has 2 aromatic carbocycles. The average molecular weight is 855 g/mol. The molecule has 3 aromatic rings. The first-order valence-corrected chi connectivity index (χ1v) is 11.2. The van der Waals surface area contributed by atoms with Crippen LogP contribution in [0.1, 0.15) is 46.0 Å². The molecule has 1 radical (unpaired) electrons. The molecule has 273 valence electrons. The molecule has 1 heterocycles. The quantitative estimate of drug-likeness (QED) is 0.0949. The zero-order chi connectivity index (χ0) is 33.8. The fourth-order valence-electron chi connectivity index (χ4n) is 2.67. The van der Waals surface area contributed by atoms with Gasteiger partial charge in [-0.1, -0.05) is 30.3 Å². The number of nitrogens with one attached hydrogen (secondary N) is 2. The third-order valence-corrected chi connectivity index (χ3v) is 4.44. The van der Waals surface area contributed by atoms with E-state index in [1.165, 1.54) is 24.3 Å². The molecule has 0 unspecified atom stereocenters. The van der Waals surface area contributed by atoms with Gasteiger partial charge < -0.3 is 78.1 Å². The van der Waals surface area contributed by atoms with E-state index in [4.69, 9.17) is 46.0 Å². The van der Waals surface area contributed by atoms with Gasteiger partial charge in [-0.05, 0) is 50.2 Å². The van der Waals surface area contributed by atoms with E-state index >= 15 is 0 Å². The number of pyridine rings is 1. The van der Waals surface area contributed by atoms with Crippen LogP contribution in [0.3, 0.4) is 0 Å². The van der Waals surface area contributed by atoms with Gasteiger partial charge in [0.1, 0.15) is 11.5 Å². The normalized spacial score (nSPS) is 9.10. The van der Waals surface area contributed by atoms with Crippen molar-refractivity contribution in [2.75, 3.05) is 0 Å². The second-order valence-electron chi connectivity index (χ2n) is 7.39. The van der Waals surface area contributed by atoms with Gasteiger partial charge in [-0.2, -0.15) is 10.2 Å². The number of aromatic nitrogens is 1. The minimum atomic E-state index is -1.75. The molecule has 3 rings (SSSR count). The van der Waals surface area contributed by atoms with Crippen LogP contribution in [0, 0.1) is 84.1 Å². The van der Waals surface area contributed by atoms with Gasteiger partial charge in [-0.25, -0.2) is 15.8 Å². The van der Waals surface area contributed by atoms with Gasteiger partial charge in [0.05, 0.1) is 49.2 Å². The summed E-state index contributed by atoms with van der Waals surface area (Å²) in [6.45, 7) is 3.34. The smallest absolute Gasteiger partial charge is 0.507 e. The van der Waals surface area contributed by atoms with E-state index < -0.39 is 27.1 Å². The summed E-state index contributed by atoms with van der Waals surface area (Å²) in [4.78, 5) is 53.6. The van der Waals surface area contributed by atoms with Crippen LogP contribution in [0.5, 0.6) is 11.5 Å². The van der Waals surface area contributed by atoms with E-state index in [1.54, 1.807) is 56.3 Å². The molecular formula is C23H32DyN8O17+3. The Morgan fingerprint density at radius 1 is 0.612 bits per heavy atom. The number of carbonyl (C=O) groups excluding carboxylic acids is 2. The van der Waals surface area contributed by atoms with E-state index in [-0.39, 0.29) is 82.7 Å². The molecule has 0 saturated heterocycles. The zero-order valence-electron chi connectivity index (χ0n) is 25.0. The Labute approximate surface area is 303 Å². The first-order chi connectivity index (χ1) is 20.6. The van der Waals surface area contributed by atoms with Crippen molar-refractivity contribution in [2.45, 2.75) is 13.8 Å². The van der Waals surface area contributed by atoms with E-state index in [0.717, 1.165) is 0 Å². The van der Waals surface area contributed by atoms with Gasteiger partial charge in [-0.15, -0.1) is 0 Å². The zero-order valence-corrected chi connectivity index (χ0v) is 27.0. The predicted octanol–water partition coefficient (Wildman–Crippen LogP) is -1.51. The number of carbonyl (C=O) groups is 2. The standard InChI is InChI=1S/C23H21N5O4.Dy.3NO3.4H2O/c1-14(25-27-22(31)16-8-3-5-12-20(16)29)18-10-7-11-19(24-18)15(2)26-28-23(32)17-9-4-6-13-21(17)30;;3*2-1(3)4;;;;/h3-13,29-30H,1-2H3,(H,27,31)(H,28,32);;;;;4*1H2/q;+3;3*-1;;;;/p+3/b25-14+,26-15+;;;;;;;;. The largest absolute Gasteiger partial charge is 3.00 e. The Bertz CT molecular complexity index is 1410. The Kier molecular flexibility index (Phi) is 33.5. The molecule has 0 aliphatic heterocycles. The van der Waals surface area contributed by atoms with Crippen LogP contribution in [-0.2, 0) is 16.4 Å². The molecule has 0 atom stereocenters. The minimum Gasteiger partial charge on any atom is -0.507 e. The number of hydrogen-bond donors (Lipinski definition) is 4. The van der Waals surface area contributed by atoms with Gasteiger partial charge in [0.15, 0.2) is 0 Å². The molecule has 2 amide bonds. The molecule has 26 heteroatoms. The number of para-hydroxylation sites is 2. The van der Waals surface area contributed by atoms with Crippen molar-refractivity contribution in [1.82, 2.24) is 15.8 Å². The first-order valence-electron chi connectivity index (χ1n) is 11.2. The van der Waals surface area contributed by atoms with E-state index in [0.29, 0.717) is 22.8 Å². The summed E-state index contributed by atoms with van der Waals surface area (Å²) in [5.74, 6) is -1.39. The van der Waals surface area contributed by atoms with Crippen LogP contribution < -0.4 is 10.9 Å². The number of phenolic OH excluding ortho intramolecular Hbond substituents is 2. The van der Waals surface area contributed by atoms with Crippen LogP contribution in [0.25, 0.3) is 0 Å². The number of hydrogen-bond acceptors (Lipinski definition) is 16. The number of aromatic hydroxyl groups is 2. The van der Waals surface area contributed by atoms with Gasteiger partial charge in [0, 0.05) is 0 Å². The summed E-state index contributed by atoms with van der Waals surface area (Å²) in [5, 5.41) is 71.9. The van der Waals surface area contributed by atoms with Crippen molar-refractivity contribution in [2.24, 2.45) is 10.2 Å². The maximum Gasteiger partial charge on any atom is 3.00 e. The molecule has 0 spiro atoms. The molecule has 0 aliphatic carbocycles. The van der Waals surface area contributed by atoms with Gasteiger partial charge >= 0.3 is 38.2 Å². The summed E-state index contributed by atoms with van der Waals surface area (Å²) in [5.41, 5.74) is 6.83. The summed E-state index contributed by atoms with van der Waals surface area (Å²) in [6.07, 6.45) is 0. The molecule has 1 aromatic heterocycles. The van der Waals surface area contributed by atoms with Crippen LogP contribution in [0.4, 0.5) is 0 Å². The van der Waals surface area contributed by atoms with Crippen LogP contribution in [0.2, 0.25) is 0 Å². The second-order valence-corrected chi connectivity index (χ2v) is 7.39.